The smallest absolute Gasteiger partial charge is 0.423 e. The Morgan fingerprint density at radius 1 is 0.838 bits per heavy atom. The lowest BCUT2D eigenvalue weighted by Gasteiger charge is -2.04. The Labute approximate surface area is 218 Å². The van der Waals surface area contributed by atoms with Gasteiger partial charge in [-0.25, -0.2) is 18.0 Å². The maximum Gasteiger partial charge on any atom is 0.488 e. The highest BCUT2D eigenvalue weighted by atomic mass is 79.9. The van der Waals surface area contributed by atoms with Gasteiger partial charge in [0, 0.05) is 29.3 Å². The second-order valence-corrected chi connectivity index (χ2v) is 7.74. The van der Waals surface area contributed by atoms with Crippen LogP contribution in [-0.2, 0) is 0 Å². The van der Waals surface area contributed by atoms with E-state index in [1.165, 1.54) is 36.7 Å². The fourth-order valence-corrected chi connectivity index (χ4v) is 3.10. The van der Waals surface area contributed by atoms with Gasteiger partial charge in [-0.3, -0.25) is 9.97 Å². The molecule has 4 aromatic rings. The molecule has 182 valence electrons. The van der Waals surface area contributed by atoms with Crippen LogP contribution in [0.3, 0.4) is 0 Å². The van der Waals surface area contributed by atoms with E-state index in [-0.39, 0.29) is 16.8 Å². The maximum atomic E-state index is 13.6. The largest absolute Gasteiger partial charge is 0.488 e. The van der Waals surface area contributed by atoms with Crippen LogP contribution in [0.4, 0.5) is 18.9 Å². The molecule has 0 fully saturated rings. The van der Waals surface area contributed by atoms with Crippen molar-refractivity contribution in [1.82, 2.24) is 9.97 Å². The van der Waals surface area contributed by atoms with E-state index < -0.39 is 24.6 Å². The Hall–Kier alpha value is -4.54. The van der Waals surface area contributed by atoms with Gasteiger partial charge in [0.2, 0.25) is 5.69 Å². The van der Waals surface area contributed by atoms with Crippen LogP contribution >= 0.6 is 15.9 Å². The molecule has 0 saturated heterocycles. The average Bonchev–Trinajstić information content (AvgIpc) is 2.92. The van der Waals surface area contributed by atoms with Crippen molar-refractivity contribution in [2.24, 2.45) is 0 Å². The fourth-order valence-electron chi connectivity index (χ4n) is 2.67. The molecule has 37 heavy (non-hydrogen) atoms. The van der Waals surface area contributed by atoms with Crippen molar-refractivity contribution in [3.63, 3.8) is 0 Å². The third kappa shape index (κ3) is 8.27. The van der Waals surface area contributed by atoms with E-state index in [2.05, 4.69) is 30.7 Å². The standard InChI is InChI=1S/C13H6FN3.C7H2BrF2N.C5H6BNO2/c1-16-13-7-10(6-12(14)11(13)8-15)9-2-4-17-5-3-9;8-5-1-4(3-11)7(10)6(9)2-5;8-6(9)5-1-3-7-4-2-5/h2-7H;1-2H;1-4,8-9H. The van der Waals surface area contributed by atoms with Gasteiger partial charge in [-0.2, -0.15) is 10.5 Å². The predicted molar refractivity (Wildman–Crippen MR) is 133 cm³/mol. The van der Waals surface area contributed by atoms with Crippen LogP contribution in [0.5, 0.6) is 0 Å². The average molecular weight is 564 g/mol. The molecule has 0 aliphatic rings. The molecule has 0 aliphatic heterocycles. The molecule has 0 aliphatic carbocycles. The molecular formula is C25H14BBrF3N5O2. The van der Waals surface area contributed by atoms with E-state index >= 15 is 0 Å². The lowest BCUT2D eigenvalue weighted by Crippen LogP contribution is -2.29. The normalized spacial score (nSPS) is 9.27. The number of halogens is 4. The molecule has 2 N–H and O–H groups in total. The lowest BCUT2D eigenvalue weighted by atomic mass is 9.81. The highest BCUT2D eigenvalue weighted by molar-refractivity contribution is 9.10. The quantitative estimate of drug-likeness (QED) is 0.208. The van der Waals surface area contributed by atoms with Gasteiger partial charge in [-0.1, -0.05) is 15.9 Å². The third-order valence-electron chi connectivity index (χ3n) is 4.43. The van der Waals surface area contributed by atoms with E-state index in [9.17, 15) is 13.2 Å². The van der Waals surface area contributed by atoms with Crippen molar-refractivity contribution in [3.05, 3.63) is 118 Å². The van der Waals surface area contributed by atoms with Crippen molar-refractivity contribution >= 4 is 34.2 Å². The third-order valence-corrected chi connectivity index (χ3v) is 4.89. The maximum absolute atomic E-state index is 13.6. The summed E-state index contributed by atoms with van der Waals surface area (Å²) >= 11 is 2.93. The summed E-state index contributed by atoms with van der Waals surface area (Å²) < 4.78 is 39.0. The molecule has 0 spiro atoms. The van der Waals surface area contributed by atoms with Crippen molar-refractivity contribution in [3.8, 4) is 23.3 Å². The molecule has 0 radical (unpaired) electrons. The minimum atomic E-state index is -1.38. The molecule has 12 heteroatoms. The molecular weight excluding hydrogens is 550 g/mol. The minimum Gasteiger partial charge on any atom is -0.423 e. The molecule has 0 unspecified atom stereocenters. The van der Waals surface area contributed by atoms with E-state index in [0.29, 0.717) is 15.5 Å². The molecule has 7 nitrogen and oxygen atoms in total. The molecule has 0 bridgehead atoms. The molecule has 2 aromatic heterocycles. The Kier molecular flexibility index (Phi) is 11.0. The van der Waals surface area contributed by atoms with Gasteiger partial charge in [0.25, 0.3) is 0 Å². The molecule has 2 heterocycles. The number of benzene rings is 2. The van der Waals surface area contributed by atoms with Crippen LogP contribution < -0.4 is 5.46 Å². The summed E-state index contributed by atoms with van der Waals surface area (Å²) in [6, 6.07) is 14.7. The highest BCUT2D eigenvalue weighted by Gasteiger charge is 2.11. The Morgan fingerprint density at radius 3 is 1.92 bits per heavy atom. The Bertz CT molecular complexity index is 1490. The molecule has 0 amide bonds. The number of aromatic nitrogens is 2. The summed E-state index contributed by atoms with van der Waals surface area (Å²) in [4.78, 5) is 10.7. The van der Waals surface area contributed by atoms with Crippen molar-refractivity contribution in [2.75, 3.05) is 0 Å². The number of hydrogen-bond acceptors (Lipinski definition) is 6. The van der Waals surface area contributed by atoms with Gasteiger partial charge in [0.15, 0.2) is 11.6 Å². The monoisotopic (exact) mass is 563 g/mol. The van der Waals surface area contributed by atoms with Crippen LogP contribution in [0.15, 0.2) is 77.8 Å². The zero-order chi connectivity index (χ0) is 27.4. The number of hydrogen-bond donors (Lipinski definition) is 2. The first-order valence-corrected chi connectivity index (χ1v) is 10.8. The second kappa shape index (κ2) is 14.1. The van der Waals surface area contributed by atoms with E-state index in [4.69, 9.17) is 27.1 Å². The summed E-state index contributed by atoms with van der Waals surface area (Å²) in [5.74, 6) is -2.79. The number of rotatable bonds is 2. The summed E-state index contributed by atoms with van der Waals surface area (Å²) in [5, 5.41) is 34.1. The van der Waals surface area contributed by atoms with Crippen molar-refractivity contribution in [2.45, 2.75) is 0 Å². The van der Waals surface area contributed by atoms with Crippen molar-refractivity contribution < 1.29 is 23.2 Å². The van der Waals surface area contributed by atoms with Gasteiger partial charge >= 0.3 is 7.12 Å². The molecule has 0 atom stereocenters. The minimum absolute atomic E-state index is 0.0271. The molecule has 0 saturated carbocycles. The van der Waals surface area contributed by atoms with Crippen LogP contribution in [0, 0.1) is 46.7 Å². The highest BCUT2D eigenvalue weighted by Crippen LogP contribution is 2.29. The van der Waals surface area contributed by atoms with Gasteiger partial charge in [0.05, 0.1) is 23.8 Å². The number of pyridine rings is 2. The summed E-state index contributed by atoms with van der Waals surface area (Å²) in [6.07, 6.45) is 6.19. The number of nitrogens with zero attached hydrogens (tertiary/aromatic N) is 5. The molecule has 4 rings (SSSR count). The van der Waals surface area contributed by atoms with Crippen molar-refractivity contribution in [1.29, 1.82) is 10.5 Å². The first kappa shape index (κ1) is 28.7. The molecule has 2 aromatic carbocycles. The fraction of sp³-hybridized carbons (Fsp3) is 0. The van der Waals surface area contributed by atoms with Crippen LogP contribution in [0.1, 0.15) is 11.1 Å². The van der Waals surface area contributed by atoms with Gasteiger partial charge in [0.1, 0.15) is 11.9 Å². The van der Waals surface area contributed by atoms with Crippen LogP contribution in [0.2, 0.25) is 0 Å². The topological polar surface area (TPSA) is 118 Å². The van der Waals surface area contributed by atoms with E-state index in [0.717, 1.165) is 11.6 Å². The van der Waals surface area contributed by atoms with Gasteiger partial charge in [-0.05, 0) is 65.1 Å². The second-order valence-electron chi connectivity index (χ2n) is 6.83. The summed E-state index contributed by atoms with van der Waals surface area (Å²) in [5.41, 5.74) is 1.31. The van der Waals surface area contributed by atoms with Gasteiger partial charge < -0.3 is 10.0 Å². The first-order valence-electron chi connectivity index (χ1n) is 10.0. The first-order chi connectivity index (χ1) is 17.7. The number of nitriles is 2. The van der Waals surface area contributed by atoms with E-state index in [1.54, 1.807) is 42.7 Å². The van der Waals surface area contributed by atoms with E-state index in [1.807, 2.05) is 0 Å². The predicted octanol–water partition coefficient (Wildman–Crippen LogP) is 4.67. The Morgan fingerprint density at radius 2 is 1.43 bits per heavy atom. The SMILES string of the molecule is N#Cc1cc(Br)cc(F)c1F.OB(O)c1ccncc1.[C-]#[N+]c1cc(-c2ccncc2)cc(F)c1C#N. The summed E-state index contributed by atoms with van der Waals surface area (Å²) in [6.45, 7) is 6.94. The summed E-state index contributed by atoms with van der Waals surface area (Å²) in [7, 11) is -1.38. The zero-order valence-corrected chi connectivity index (χ0v) is 20.2. The zero-order valence-electron chi connectivity index (χ0n) is 18.6. The lowest BCUT2D eigenvalue weighted by molar-refractivity contribution is 0.425. The van der Waals surface area contributed by atoms with Crippen LogP contribution in [0.25, 0.3) is 16.0 Å². The van der Waals surface area contributed by atoms with Gasteiger partial charge in [-0.15, -0.1) is 0 Å². The Balaban J connectivity index is 0.000000208. The van der Waals surface area contributed by atoms with Crippen LogP contribution in [-0.4, -0.2) is 27.1 Å².